The van der Waals surface area contributed by atoms with Crippen LogP contribution in [0, 0.1) is 0 Å². The van der Waals surface area contributed by atoms with Gasteiger partial charge in [0.05, 0.1) is 12.2 Å². The first-order chi connectivity index (χ1) is 8.69. The highest BCUT2D eigenvalue weighted by molar-refractivity contribution is 7.98. The lowest BCUT2D eigenvalue weighted by Gasteiger charge is -2.15. The molecule has 1 atom stereocenters. The predicted octanol–water partition coefficient (Wildman–Crippen LogP) is 1.38. The molecule has 1 aromatic rings. The Kier molecular flexibility index (Phi) is 4.63. The van der Waals surface area contributed by atoms with Crippen molar-refractivity contribution in [2.45, 2.75) is 17.4 Å². The normalized spacial score (nSPS) is 20.0. The van der Waals surface area contributed by atoms with Crippen LogP contribution in [-0.4, -0.2) is 42.7 Å². The number of hydrogen-bond acceptors (Lipinski definition) is 4. The second-order valence-corrected chi connectivity index (χ2v) is 5.38. The standard InChI is InChI=1S/C13H19N3OS/c1-18-12-5-3-2-4-11(12)15-13(17)9-16-7-6-10(14)8-16/h2-5,10H,6-9,14H2,1H3,(H,15,17)/t10-/m1/s1. The minimum Gasteiger partial charge on any atom is -0.326 e. The van der Waals surface area contributed by atoms with E-state index in [-0.39, 0.29) is 11.9 Å². The summed E-state index contributed by atoms with van der Waals surface area (Å²) >= 11 is 1.63. The van der Waals surface area contributed by atoms with Gasteiger partial charge in [-0.2, -0.15) is 0 Å². The van der Waals surface area contributed by atoms with E-state index >= 15 is 0 Å². The monoisotopic (exact) mass is 265 g/mol. The molecular weight excluding hydrogens is 246 g/mol. The Morgan fingerprint density at radius 3 is 3.00 bits per heavy atom. The summed E-state index contributed by atoms with van der Waals surface area (Å²) in [5, 5.41) is 2.96. The number of hydrogen-bond donors (Lipinski definition) is 2. The summed E-state index contributed by atoms with van der Waals surface area (Å²) in [6.07, 6.45) is 2.99. The number of benzene rings is 1. The molecule has 0 aromatic heterocycles. The van der Waals surface area contributed by atoms with Gasteiger partial charge >= 0.3 is 0 Å². The van der Waals surface area contributed by atoms with Gasteiger partial charge in [-0.15, -0.1) is 11.8 Å². The van der Waals surface area contributed by atoms with E-state index in [9.17, 15) is 4.79 Å². The van der Waals surface area contributed by atoms with E-state index in [4.69, 9.17) is 5.73 Å². The molecule has 0 radical (unpaired) electrons. The number of rotatable bonds is 4. The quantitative estimate of drug-likeness (QED) is 0.808. The summed E-state index contributed by atoms with van der Waals surface area (Å²) in [5.41, 5.74) is 6.71. The number of anilines is 1. The molecule has 1 heterocycles. The summed E-state index contributed by atoms with van der Waals surface area (Å²) in [4.78, 5) is 15.1. The van der Waals surface area contributed by atoms with E-state index in [0.29, 0.717) is 6.54 Å². The van der Waals surface area contributed by atoms with Gasteiger partial charge in [0.1, 0.15) is 0 Å². The summed E-state index contributed by atoms with van der Waals surface area (Å²) in [6, 6.07) is 8.06. The molecule has 5 heteroatoms. The van der Waals surface area contributed by atoms with Crippen LogP contribution in [0.15, 0.2) is 29.2 Å². The van der Waals surface area contributed by atoms with Crippen molar-refractivity contribution in [1.29, 1.82) is 0 Å². The molecule has 1 aromatic carbocycles. The number of carbonyl (C=O) groups is 1. The molecule has 18 heavy (non-hydrogen) atoms. The van der Waals surface area contributed by atoms with Crippen molar-refractivity contribution in [3.8, 4) is 0 Å². The maximum atomic E-state index is 11.9. The van der Waals surface area contributed by atoms with Gasteiger partial charge in [0.25, 0.3) is 0 Å². The molecule has 1 amide bonds. The molecule has 3 N–H and O–H groups in total. The number of amides is 1. The van der Waals surface area contributed by atoms with Gasteiger partial charge in [-0.05, 0) is 24.8 Å². The van der Waals surface area contributed by atoms with E-state index in [0.717, 1.165) is 30.1 Å². The van der Waals surface area contributed by atoms with Gasteiger partial charge in [0, 0.05) is 24.0 Å². The van der Waals surface area contributed by atoms with Crippen molar-refractivity contribution in [2.75, 3.05) is 31.2 Å². The zero-order valence-corrected chi connectivity index (χ0v) is 11.4. The van der Waals surface area contributed by atoms with Crippen molar-refractivity contribution >= 4 is 23.4 Å². The first-order valence-electron chi connectivity index (χ1n) is 6.10. The van der Waals surface area contributed by atoms with Gasteiger partial charge in [0.2, 0.25) is 5.91 Å². The largest absolute Gasteiger partial charge is 0.326 e. The van der Waals surface area contributed by atoms with Crippen molar-refractivity contribution in [2.24, 2.45) is 5.73 Å². The highest BCUT2D eigenvalue weighted by Crippen LogP contribution is 2.24. The summed E-state index contributed by atoms with van der Waals surface area (Å²) in [7, 11) is 0. The van der Waals surface area contributed by atoms with Crippen LogP contribution >= 0.6 is 11.8 Å². The Morgan fingerprint density at radius 2 is 2.33 bits per heavy atom. The third-order valence-corrected chi connectivity index (χ3v) is 3.85. The lowest BCUT2D eigenvalue weighted by atomic mass is 10.3. The van der Waals surface area contributed by atoms with E-state index in [2.05, 4.69) is 10.2 Å². The van der Waals surface area contributed by atoms with Crippen LogP contribution in [0.4, 0.5) is 5.69 Å². The zero-order valence-electron chi connectivity index (χ0n) is 10.6. The van der Waals surface area contributed by atoms with Crippen LogP contribution in [-0.2, 0) is 4.79 Å². The lowest BCUT2D eigenvalue weighted by Crippen LogP contribution is -2.33. The number of para-hydroxylation sites is 1. The van der Waals surface area contributed by atoms with Gasteiger partial charge in [-0.1, -0.05) is 12.1 Å². The van der Waals surface area contributed by atoms with Crippen LogP contribution in [0.5, 0.6) is 0 Å². The smallest absolute Gasteiger partial charge is 0.238 e. The molecule has 0 aliphatic carbocycles. The predicted molar refractivity (Wildman–Crippen MR) is 75.9 cm³/mol. The van der Waals surface area contributed by atoms with Gasteiger partial charge < -0.3 is 11.1 Å². The van der Waals surface area contributed by atoms with Crippen molar-refractivity contribution < 1.29 is 4.79 Å². The Morgan fingerprint density at radius 1 is 1.56 bits per heavy atom. The van der Waals surface area contributed by atoms with Gasteiger partial charge in [0.15, 0.2) is 0 Å². The summed E-state index contributed by atoms with van der Waals surface area (Å²) in [6.45, 7) is 2.16. The Balaban J connectivity index is 1.91. The molecule has 4 nitrogen and oxygen atoms in total. The molecule has 98 valence electrons. The fourth-order valence-corrected chi connectivity index (χ4v) is 2.70. The van der Waals surface area contributed by atoms with E-state index < -0.39 is 0 Å². The van der Waals surface area contributed by atoms with Crippen molar-refractivity contribution in [3.63, 3.8) is 0 Å². The summed E-state index contributed by atoms with van der Waals surface area (Å²) in [5.74, 6) is 0.0330. The third-order valence-electron chi connectivity index (χ3n) is 3.06. The molecule has 2 rings (SSSR count). The van der Waals surface area contributed by atoms with Crippen molar-refractivity contribution in [3.05, 3.63) is 24.3 Å². The molecule has 1 saturated heterocycles. The molecule has 0 saturated carbocycles. The second kappa shape index (κ2) is 6.22. The third kappa shape index (κ3) is 3.48. The maximum Gasteiger partial charge on any atom is 0.238 e. The lowest BCUT2D eigenvalue weighted by molar-refractivity contribution is -0.117. The minimum atomic E-state index is 0.0330. The fraction of sp³-hybridized carbons (Fsp3) is 0.462. The number of carbonyl (C=O) groups excluding carboxylic acids is 1. The maximum absolute atomic E-state index is 11.9. The highest BCUT2D eigenvalue weighted by Gasteiger charge is 2.21. The molecule has 1 fully saturated rings. The molecule has 1 aliphatic heterocycles. The second-order valence-electron chi connectivity index (χ2n) is 4.53. The van der Waals surface area contributed by atoms with Crippen LogP contribution in [0.25, 0.3) is 0 Å². The Hall–Kier alpha value is -1.04. The number of nitrogens with zero attached hydrogens (tertiary/aromatic N) is 1. The first kappa shape index (κ1) is 13.4. The molecule has 1 aliphatic rings. The molecule has 0 unspecified atom stereocenters. The average Bonchev–Trinajstić information content (AvgIpc) is 2.75. The molecule has 0 spiro atoms. The number of thioether (sulfide) groups is 1. The Bertz CT molecular complexity index is 424. The van der Waals surface area contributed by atoms with Crippen molar-refractivity contribution in [1.82, 2.24) is 4.90 Å². The zero-order chi connectivity index (χ0) is 13.0. The van der Waals surface area contributed by atoms with E-state index in [1.807, 2.05) is 30.5 Å². The fourth-order valence-electron chi connectivity index (χ4n) is 2.15. The topological polar surface area (TPSA) is 58.4 Å². The SMILES string of the molecule is CSc1ccccc1NC(=O)CN1CC[C@@H](N)C1. The van der Waals surface area contributed by atoms with Gasteiger partial charge in [-0.25, -0.2) is 0 Å². The van der Waals surface area contributed by atoms with Gasteiger partial charge in [-0.3, -0.25) is 9.69 Å². The number of nitrogens with two attached hydrogens (primary N) is 1. The minimum absolute atomic E-state index is 0.0330. The first-order valence-corrected chi connectivity index (χ1v) is 7.32. The van der Waals surface area contributed by atoms with Crippen LogP contribution in [0.2, 0.25) is 0 Å². The highest BCUT2D eigenvalue weighted by atomic mass is 32.2. The Labute approximate surface area is 112 Å². The van der Waals surface area contributed by atoms with E-state index in [1.165, 1.54) is 0 Å². The average molecular weight is 265 g/mol. The van der Waals surface area contributed by atoms with E-state index in [1.54, 1.807) is 11.8 Å². The van der Waals surface area contributed by atoms with Crippen LogP contribution in [0.1, 0.15) is 6.42 Å². The molecular formula is C13H19N3OS. The van der Waals surface area contributed by atoms with Crippen LogP contribution in [0.3, 0.4) is 0 Å². The number of nitrogens with one attached hydrogen (secondary N) is 1. The molecule has 0 bridgehead atoms. The summed E-state index contributed by atoms with van der Waals surface area (Å²) < 4.78 is 0. The number of likely N-dealkylation sites (tertiary alicyclic amines) is 1. The van der Waals surface area contributed by atoms with Crippen LogP contribution < -0.4 is 11.1 Å².